The minimum atomic E-state index is -0.300. The lowest BCUT2D eigenvalue weighted by Crippen LogP contribution is -2.31. The van der Waals surface area contributed by atoms with E-state index in [1.807, 2.05) is 24.3 Å². The van der Waals surface area contributed by atoms with Crippen molar-refractivity contribution in [3.05, 3.63) is 41.6 Å². The first-order valence-corrected chi connectivity index (χ1v) is 7.54. The van der Waals surface area contributed by atoms with E-state index in [4.69, 9.17) is 4.74 Å². The molecule has 0 atom stereocenters. The third kappa shape index (κ3) is 4.67. The van der Waals surface area contributed by atoms with Crippen molar-refractivity contribution in [2.75, 3.05) is 18.5 Å². The Morgan fingerprint density at radius 3 is 2.52 bits per heavy atom. The predicted octanol–water partition coefficient (Wildman–Crippen LogP) is 1.87. The van der Waals surface area contributed by atoms with Gasteiger partial charge in [-0.15, -0.1) is 0 Å². The van der Waals surface area contributed by atoms with E-state index in [-0.39, 0.29) is 24.3 Å². The fourth-order valence-corrected chi connectivity index (χ4v) is 2.28. The third-order valence-corrected chi connectivity index (χ3v) is 3.45. The second kappa shape index (κ2) is 7.58. The number of amides is 2. The first kappa shape index (κ1) is 16.7. The molecule has 0 fully saturated rings. The molecular weight excluding hydrogens is 296 g/mol. The zero-order valence-electron chi connectivity index (χ0n) is 13.3. The standard InChI is InChI=1S/C17H20N2O4/c1-3-23-17(22)9-6-13-4-7-14(8-5-13)18-15-10-16(21)19(11-15)12(2)20/h4-5,7-8,10,18H,3,6,9,11H2,1-2H3. The number of esters is 1. The number of nitrogens with zero attached hydrogens (tertiary/aromatic N) is 1. The topological polar surface area (TPSA) is 75.7 Å². The molecule has 1 aliphatic rings. The number of carbonyl (C=O) groups excluding carboxylic acids is 3. The van der Waals surface area contributed by atoms with E-state index in [2.05, 4.69) is 5.32 Å². The molecule has 6 nitrogen and oxygen atoms in total. The number of ether oxygens (including phenoxy) is 1. The fraction of sp³-hybridized carbons (Fsp3) is 0.353. The molecule has 2 rings (SSSR count). The highest BCUT2D eigenvalue weighted by Gasteiger charge is 2.24. The molecule has 0 saturated heterocycles. The Labute approximate surface area is 135 Å². The SMILES string of the molecule is CCOC(=O)CCc1ccc(NC2=CC(=O)N(C(C)=O)C2)cc1. The van der Waals surface area contributed by atoms with Crippen LogP contribution in [0.1, 0.15) is 25.8 Å². The maximum Gasteiger partial charge on any atom is 0.306 e. The molecule has 1 aromatic carbocycles. The Morgan fingerprint density at radius 2 is 1.96 bits per heavy atom. The van der Waals surface area contributed by atoms with Crippen LogP contribution in [0.4, 0.5) is 5.69 Å². The number of imide groups is 1. The maximum absolute atomic E-state index is 11.6. The van der Waals surface area contributed by atoms with Crippen molar-refractivity contribution < 1.29 is 19.1 Å². The average Bonchev–Trinajstić information content (AvgIpc) is 2.88. The van der Waals surface area contributed by atoms with Crippen LogP contribution in [0, 0.1) is 0 Å². The predicted molar refractivity (Wildman–Crippen MR) is 85.5 cm³/mol. The van der Waals surface area contributed by atoms with E-state index in [9.17, 15) is 14.4 Å². The van der Waals surface area contributed by atoms with Gasteiger partial charge in [0.15, 0.2) is 0 Å². The summed E-state index contributed by atoms with van der Waals surface area (Å²) in [7, 11) is 0. The van der Waals surface area contributed by atoms with Gasteiger partial charge in [0, 0.05) is 30.8 Å². The Morgan fingerprint density at radius 1 is 1.26 bits per heavy atom. The number of anilines is 1. The minimum absolute atomic E-state index is 0.200. The molecule has 2 amide bonds. The molecule has 0 unspecified atom stereocenters. The van der Waals surface area contributed by atoms with Crippen molar-refractivity contribution in [1.29, 1.82) is 0 Å². The number of rotatable bonds is 6. The van der Waals surface area contributed by atoms with E-state index >= 15 is 0 Å². The average molecular weight is 316 g/mol. The molecule has 122 valence electrons. The van der Waals surface area contributed by atoms with Crippen molar-refractivity contribution >= 4 is 23.5 Å². The molecule has 0 radical (unpaired) electrons. The second-order valence-corrected chi connectivity index (χ2v) is 5.24. The van der Waals surface area contributed by atoms with Gasteiger partial charge in [-0.3, -0.25) is 19.3 Å². The number of carbonyl (C=O) groups is 3. The Bertz CT molecular complexity index is 634. The summed E-state index contributed by atoms with van der Waals surface area (Å²) in [6.45, 7) is 3.81. The van der Waals surface area contributed by atoms with Crippen LogP contribution in [0.15, 0.2) is 36.0 Å². The van der Waals surface area contributed by atoms with Crippen LogP contribution in [0.2, 0.25) is 0 Å². The maximum atomic E-state index is 11.6. The molecule has 1 aliphatic heterocycles. The highest BCUT2D eigenvalue weighted by atomic mass is 16.5. The first-order chi connectivity index (χ1) is 11.0. The Balaban J connectivity index is 1.88. The van der Waals surface area contributed by atoms with Crippen LogP contribution in [-0.2, 0) is 25.5 Å². The summed E-state index contributed by atoms with van der Waals surface area (Å²) in [5.41, 5.74) is 2.55. The molecule has 0 bridgehead atoms. The van der Waals surface area contributed by atoms with E-state index in [1.54, 1.807) is 6.92 Å². The Kier molecular flexibility index (Phi) is 5.51. The number of hydrogen-bond donors (Lipinski definition) is 1. The smallest absolute Gasteiger partial charge is 0.306 e. The summed E-state index contributed by atoms with van der Waals surface area (Å²) >= 11 is 0. The van der Waals surface area contributed by atoms with E-state index in [0.29, 0.717) is 25.1 Å². The van der Waals surface area contributed by atoms with Crippen LogP contribution in [-0.4, -0.2) is 35.8 Å². The summed E-state index contributed by atoms with van der Waals surface area (Å²) < 4.78 is 4.89. The number of benzene rings is 1. The number of aryl methyl sites for hydroxylation is 1. The van der Waals surface area contributed by atoms with Gasteiger partial charge >= 0.3 is 5.97 Å². The fourth-order valence-electron chi connectivity index (χ4n) is 2.28. The summed E-state index contributed by atoms with van der Waals surface area (Å²) in [6.07, 6.45) is 2.41. The van der Waals surface area contributed by atoms with Gasteiger partial charge in [-0.25, -0.2) is 0 Å². The van der Waals surface area contributed by atoms with Gasteiger partial charge in [0.1, 0.15) is 0 Å². The van der Waals surface area contributed by atoms with Gasteiger partial charge < -0.3 is 10.1 Å². The molecular formula is C17H20N2O4. The van der Waals surface area contributed by atoms with Gasteiger partial charge in [-0.2, -0.15) is 0 Å². The summed E-state index contributed by atoms with van der Waals surface area (Å²) in [5.74, 6) is -0.767. The molecule has 0 saturated carbocycles. The summed E-state index contributed by atoms with van der Waals surface area (Å²) in [5, 5.41) is 3.12. The molecule has 23 heavy (non-hydrogen) atoms. The highest BCUT2D eigenvalue weighted by molar-refractivity contribution is 6.03. The molecule has 0 aliphatic carbocycles. The van der Waals surface area contributed by atoms with Crippen molar-refractivity contribution in [1.82, 2.24) is 4.90 Å². The third-order valence-electron chi connectivity index (χ3n) is 3.45. The van der Waals surface area contributed by atoms with Crippen molar-refractivity contribution in [3.8, 4) is 0 Å². The largest absolute Gasteiger partial charge is 0.466 e. The first-order valence-electron chi connectivity index (χ1n) is 7.54. The molecule has 1 N–H and O–H groups in total. The van der Waals surface area contributed by atoms with Crippen LogP contribution in [0.3, 0.4) is 0 Å². The van der Waals surface area contributed by atoms with E-state index in [0.717, 1.165) is 11.3 Å². The van der Waals surface area contributed by atoms with Crippen LogP contribution < -0.4 is 5.32 Å². The van der Waals surface area contributed by atoms with Gasteiger partial charge in [-0.05, 0) is 31.0 Å². The zero-order chi connectivity index (χ0) is 16.8. The molecule has 1 aromatic rings. The molecule has 0 spiro atoms. The monoisotopic (exact) mass is 316 g/mol. The zero-order valence-corrected chi connectivity index (χ0v) is 13.3. The lowest BCUT2D eigenvalue weighted by Gasteiger charge is -2.12. The van der Waals surface area contributed by atoms with Gasteiger partial charge in [-0.1, -0.05) is 12.1 Å². The minimum Gasteiger partial charge on any atom is -0.466 e. The van der Waals surface area contributed by atoms with E-state index < -0.39 is 0 Å². The second-order valence-electron chi connectivity index (χ2n) is 5.24. The van der Waals surface area contributed by atoms with Crippen molar-refractivity contribution in [2.24, 2.45) is 0 Å². The normalized spacial score (nSPS) is 13.7. The Hall–Kier alpha value is -2.63. The van der Waals surface area contributed by atoms with E-state index in [1.165, 1.54) is 17.9 Å². The summed E-state index contributed by atoms with van der Waals surface area (Å²) in [4.78, 5) is 35.4. The van der Waals surface area contributed by atoms with Crippen LogP contribution >= 0.6 is 0 Å². The van der Waals surface area contributed by atoms with Crippen molar-refractivity contribution in [2.45, 2.75) is 26.7 Å². The molecule has 0 aromatic heterocycles. The highest BCUT2D eigenvalue weighted by Crippen LogP contribution is 2.17. The number of hydrogen-bond acceptors (Lipinski definition) is 5. The van der Waals surface area contributed by atoms with Crippen LogP contribution in [0.5, 0.6) is 0 Å². The lowest BCUT2D eigenvalue weighted by atomic mass is 10.1. The summed E-state index contributed by atoms with van der Waals surface area (Å²) in [6, 6.07) is 7.59. The molecule has 1 heterocycles. The van der Waals surface area contributed by atoms with Gasteiger partial charge in [0.05, 0.1) is 13.2 Å². The van der Waals surface area contributed by atoms with Gasteiger partial charge in [0.2, 0.25) is 5.91 Å². The lowest BCUT2D eigenvalue weighted by molar-refractivity contribution is -0.143. The van der Waals surface area contributed by atoms with Crippen LogP contribution in [0.25, 0.3) is 0 Å². The van der Waals surface area contributed by atoms with Crippen molar-refractivity contribution in [3.63, 3.8) is 0 Å². The number of nitrogens with one attached hydrogen (secondary N) is 1. The quantitative estimate of drug-likeness (QED) is 0.811. The van der Waals surface area contributed by atoms with Gasteiger partial charge in [0.25, 0.3) is 5.91 Å². The molecule has 6 heteroatoms.